The van der Waals surface area contributed by atoms with Gasteiger partial charge in [-0.05, 0) is 30.3 Å². The number of nitrogens with zero attached hydrogens (tertiary/aromatic N) is 2. The largest absolute Gasteiger partial charge is 0.497 e. The van der Waals surface area contributed by atoms with Crippen molar-refractivity contribution in [1.29, 1.82) is 0 Å². The zero-order valence-corrected chi connectivity index (χ0v) is 17.2. The van der Waals surface area contributed by atoms with Crippen molar-refractivity contribution in [1.82, 2.24) is 5.01 Å². The van der Waals surface area contributed by atoms with Gasteiger partial charge in [0.25, 0.3) is 0 Å². The molecule has 146 valence electrons. The molecule has 3 aromatic carbocycles. The number of rotatable bonds is 3. The second-order valence-corrected chi connectivity index (χ2v) is 7.90. The molecule has 2 aliphatic heterocycles. The highest BCUT2D eigenvalue weighted by Crippen LogP contribution is 2.48. The van der Waals surface area contributed by atoms with Gasteiger partial charge < -0.3 is 9.47 Å². The fourth-order valence-electron chi connectivity index (χ4n) is 3.92. The quantitative estimate of drug-likeness (QED) is 0.498. The first kappa shape index (κ1) is 18.3. The van der Waals surface area contributed by atoms with Gasteiger partial charge in [-0.25, -0.2) is 5.01 Å². The lowest BCUT2D eigenvalue weighted by Gasteiger charge is -2.38. The lowest BCUT2D eigenvalue weighted by Crippen LogP contribution is -2.33. The number of hydrazone groups is 1. The van der Waals surface area contributed by atoms with E-state index in [1.165, 1.54) is 0 Å². The van der Waals surface area contributed by atoms with Gasteiger partial charge in [0.15, 0.2) is 0 Å². The number of hydrogen-bond donors (Lipinski definition) is 0. The Hall–Kier alpha value is -2.69. The van der Waals surface area contributed by atoms with E-state index in [0.29, 0.717) is 10.0 Å². The third-order valence-corrected chi connectivity index (χ3v) is 5.89. The molecule has 0 saturated heterocycles. The minimum Gasteiger partial charge on any atom is -0.497 e. The number of methoxy groups -OCH3 is 1. The predicted molar refractivity (Wildman–Crippen MR) is 115 cm³/mol. The molecule has 0 radical (unpaired) electrons. The van der Waals surface area contributed by atoms with Crippen LogP contribution in [0.1, 0.15) is 35.4 Å². The van der Waals surface area contributed by atoms with Crippen LogP contribution in [0.2, 0.25) is 10.0 Å². The molecule has 0 aromatic heterocycles. The highest BCUT2D eigenvalue weighted by molar-refractivity contribution is 6.35. The number of halogens is 2. The molecule has 0 bridgehead atoms. The first-order valence-electron chi connectivity index (χ1n) is 9.35. The maximum absolute atomic E-state index is 6.52. The highest BCUT2D eigenvalue weighted by atomic mass is 35.5. The Morgan fingerprint density at radius 1 is 1.00 bits per heavy atom. The van der Waals surface area contributed by atoms with Crippen LogP contribution in [0.3, 0.4) is 0 Å². The second kappa shape index (κ2) is 7.29. The van der Waals surface area contributed by atoms with Crippen molar-refractivity contribution < 1.29 is 9.47 Å². The number of benzene rings is 3. The zero-order valence-electron chi connectivity index (χ0n) is 15.7. The molecule has 2 aliphatic rings. The number of fused-ring (bicyclic) bond motifs is 3. The lowest BCUT2D eigenvalue weighted by atomic mass is 9.96. The van der Waals surface area contributed by atoms with Gasteiger partial charge in [-0.3, -0.25) is 0 Å². The van der Waals surface area contributed by atoms with Crippen LogP contribution < -0.4 is 9.47 Å². The van der Waals surface area contributed by atoms with Crippen LogP contribution in [0.25, 0.3) is 0 Å². The fraction of sp³-hybridized carbons (Fsp3) is 0.174. The standard InChI is InChI=1S/C23H18Cl2N2O2/c1-28-16-6-4-5-14(11-16)20-13-21-18-7-2-3-8-22(18)29-23(27(21)26-20)17-10-9-15(24)12-19(17)25/h2-12,21,23H,13H2,1H3/t21-,23+/m1/s1. The average Bonchev–Trinajstić information content (AvgIpc) is 3.19. The topological polar surface area (TPSA) is 34.1 Å². The van der Waals surface area contributed by atoms with Gasteiger partial charge in [-0.2, -0.15) is 5.10 Å². The normalized spacial score (nSPS) is 19.8. The summed E-state index contributed by atoms with van der Waals surface area (Å²) in [5.74, 6) is 1.66. The van der Waals surface area contributed by atoms with Crippen LogP contribution in [0.15, 0.2) is 71.8 Å². The molecular weight excluding hydrogens is 407 g/mol. The van der Waals surface area contributed by atoms with E-state index in [1.807, 2.05) is 53.5 Å². The fourth-order valence-corrected chi connectivity index (χ4v) is 4.42. The predicted octanol–water partition coefficient (Wildman–Crippen LogP) is 6.24. The van der Waals surface area contributed by atoms with Gasteiger partial charge in [0, 0.05) is 28.1 Å². The number of para-hydroxylation sites is 1. The van der Waals surface area contributed by atoms with Crippen molar-refractivity contribution in [2.75, 3.05) is 7.11 Å². The van der Waals surface area contributed by atoms with Crippen molar-refractivity contribution in [3.8, 4) is 11.5 Å². The Morgan fingerprint density at radius 3 is 2.69 bits per heavy atom. The van der Waals surface area contributed by atoms with E-state index in [1.54, 1.807) is 13.2 Å². The van der Waals surface area contributed by atoms with Crippen molar-refractivity contribution in [2.24, 2.45) is 5.10 Å². The molecule has 0 saturated carbocycles. The van der Waals surface area contributed by atoms with Gasteiger partial charge in [-0.15, -0.1) is 0 Å². The van der Waals surface area contributed by atoms with Crippen LogP contribution >= 0.6 is 23.2 Å². The molecule has 2 atom stereocenters. The van der Waals surface area contributed by atoms with Gasteiger partial charge in [0.2, 0.25) is 6.23 Å². The molecule has 6 heteroatoms. The molecule has 4 nitrogen and oxygen atoms in total. The van der Waals surface area contributed by atoms with Gasteiger partial charge in [0.1, 0.15) is 11.5 Å². The zero-order chi connectivity index (χ0) is 20.0. The molecule has 29 heavy (non-hydrogen) atoms. The summed E-state index contributed by atoms with van der Waals surface area (Å²) < 4.78 is 11.7. The molecule has 0 fully saturated rings. The van der Waals surface area contributed by atoms with Gasteiger partial charge in [0.05, 0.1) is 23.9 Å². The third kappa shape index (κ3) is 3.22. The number of hydrogen-bond acceptors (Lipinski definition) is 4. The van der Waals surface area contributed by atoms with E-state index < -0.39 is 6.23 Å². The van der Waals surface area contributed by atoms with Gasteiger partial charge in [-0.1, -0.05) is 59.6 Å². The molecular formula is C23H18Cl2N2O2. The summed E-state index contributed by atoms with van der Waals surface area (Å²) in [5, 5.41) is 8.11. The Bertz CT molecular complexity index is 1120. The first-order chi connectivity index (χ1) is 14.1. The van der Waals surface area contributed by atoms with E-state index in [4.69, 9.17) is 37.8 Å². The summed E-state index contributed by atoms with van der Waals surface area (Å²) in [6, 6.07) is 21.6. The molecule has 0 spiro atoms. The Labute approximate surface area is 179 Å². The van der Waals surface area contributed by atoms with Crippen molar-refractivity contribution in [3.05, 3.63) is 93.5 Å². The molecule has 0 amide bonds. The summed E-state index contributed by atoms with van der Waals surface area (Å²) in [5.41, 5.74) is 3.99. The number of ether oxygens (including phenoxy) is 2. The molecule has 5 rings (SSSR count). The first-order valence-corrected chi connectivity index (χ1v) is 10.1. The highest BCUT2D eigenvalue weighted by Gasteiger charge is 2.41. The van der Waals surface area contributed by atoms with Crippen molar-refractivity contribution >= 4 is 28.9 Å². The van der Waals surface area contributed by atoms with Crippen LogP contribution in [0.5, 0.6) is 11.5 Å². The average molecular weight is 425 g/mol. The van der Waals surface area contributed by atoms with E-state index >= 15 is 0 Å². The smallest absolute Gasteiger partial charge is 0.215 e. The summed E-state index contributed by atoms with van der Waals surface area (Å²) in [6.45, 7) is 0. The second-order valence-electron chi connectivity index (χ2n) is 7.05. The molecule has 0 unspecified atom stereocenters. The Morgan fingerprint density at radius 2 is 1.86 bits per heavy atom. The molecule has 2 heterocycles. The van der Waals surface area contributed by atoms with E-state index in [-0.39, 0.29) is 6.04 Å². The summed E-state index contributed by atoms with van der Waals surface area (Å²) in [4.78, 5) is 0. The summed E-state index contributed by atoms with van der Waals surface area (Å²) in [6.07, 6.45) is 0.345. The van der Waals surface area contributed by atoms with Crippen LogP contribution in [-0.4, -0.2) is 17.8 Å². The summed E-state index contributed by atoms with van der Waals surface area (Å²) >= 11 is 12.6. The summed E-state index contributed by atoms with van der Waals surface area (Å²) in [7, 11) is 1.67. The maximum atomic E-state index is 6.52. The lowest BCUT2D eigenvalue weighted by molar-refractivity contribution is -0.0189. The van der Waals surface area contributed by atoms with Crippen molar-refractivity contribution in [3.63, 3.8) is 0 Å². The molecule has 0 N–H and O–H groups in total. The molecule has 0 aliphatic carbocycles. The maximum Gasteiger partial charge on any atom is 0.215 e. The third-order valence-electron chi connectivity index (χ3n) is 5.33. The van der Waals surface area contributed by atoms with Crippen LogP contribution in [0.4, 0.5) is 0 Å². The van der Waals surface area contributed by atoms with Gasteiger partial charge >= 0.3 is 0 Å². The molecule has 3 aromatic rings. The van der Waals surface area contributed by atoms with Crippen LogP contribution in [-0.2, 0) is 0 Å². The van der Waals surface area contributed by atoms with Crippen LogP contribution in [0, 0.1) is 0 Å². The van der Waals surface area contributed by atoms with E-state index in [9.17, 15) is 0 Å². The Balaban J connectivity index is 1.60. The van der Waals surface area contributed by atoms with E-state index in [0.717, 1.165) is 40.3 Å². The van der Waals surface area contributed by atoms with Crippen molar-refractivity contribution in [2.45, 2.75) is 18.7 Å². The van der Waals surface area contributed by atoms with E-state index in [2.05, 4.69) is 12.1 Å². The SMILES string of the molecule is COc1cccc(C2=NN3[C@H](C2)c2ccccc2O[C@H]3c2ccc(Cl)cc2Cl)c1. The monoisotopic (exact) mass is 424 g/mol. The minimum atomic E-state index is -0.428. The minimum absolute atomic E-state index is 0.0675. The Kier molecular flexibility index (Phi) is 4.61.